The molecular weight excluding hydrogens is 597 g/mol. The van der Waals surface area contributed by atoms with Gasteiger partial charge in [-0.3, -0.25) is 4.79 Å². The quantitative estimate of drug-likeness (QED) is 0.154. The van der Waals surface area contributed by atoms with E-state index in [9.17, 15) is 22.7 Å². The number of aliphatic hydroxyl groups excluding tert-OH is 1. The molecule has 0 unspecified atom stereocenters. The molecule has 1 aliphatic rings. The zero-order valence-electron chi connectivity index (χ0n) is 25.7. The summed E-state index contributed by atoms with van der Waals surface area (Å²) in [6.07, 6.45) is 6.39. The van der Waals surface area contributed by atoms with Crippen molar-refractivity contribution in [2.24, 2.45) is 5.92 Å². The van der Waals surface area contributed by atoms with Gasteiger partial charge in [0.1, 0.15) is 17.6 Å². The summed E-state index contributed by atoms with van der Waals surface area (Å²) in [7, 11) is -4.08. The van der Waals surface area contributed by atoms with Crippen LogP contribution in [0.15, 0.2) is 59.6 Å². The number of hydrogen-bond donors (Lipinski definition) is 4. The van der Waals surface area contributed by atoms with Crippen LogP contribution in [0.4, 0.5) is 16.0 Å². The van der Waals surface area contributed by atoms with E-state index in [-0.39, 0.29) is 23.0 Å². The first-order valence-corrected chi connectivity index (χ1v) is 16.9. The summed E-state index contributed by atoms with van der Waals surface area (Å²) in [6, 6.07) is 10.6. The molecule has 1 amide bonds. The molecule has 11 nitrogen and oxygen atoms in total. The summed E-state index contributed by atoms with van der Waals surface area (Å²) in [5.41, 5.74) is 2.37. The van der Waals surface area contributed by atoms with E-state index in [1.807, 2.05) is 4.68 Å². The maximum absolute atomic E-state index is 13.4. The lowest BCUT2D eigenvalue weighted by Gasteiger charge is -2.25. The highest BCUT2D eigenvalue weighted by Crippen LogP contribution is 2.35. The molecule has 45 heavy (non-hydrogen) atoms. The number of halogens is 1. The first-order chi connectivity index (χ1) is 21.6. The molecule has 0 saturated heterocycles. The van der Waals surface area contributed by atoms with Gasteiger partial charge in [-0.2, -0.15) is 14.8 Å². The van der Waals surface area contributed by atoms with Crippen molar-refractivity contribution >= 4 is 38.6 Å². The van der Waals surface area contributed by atoms with E-state index in [1.54, 1.807) is 32.2 Å². The molecule has 13 heteroatoms. The lowest BCUT2D eigenvalue weighted by Crippen LogP contribution is -2.47. The Kier molecular flexibility index (Phi) is 10.1. The zero-order valence-corrected chi connectivity index (χ0v) is 26.5. The highest BCUT2D eigenvalue weighted by molar-refractivity contribution is 7.89. The normalized spacial score (nSPS) is 17.8. The van der Waals surface area contributed by atoms with Gasteiger partial charge >= 0.3 is 0 Å². The minimum Gasteiger partial charge on any atom is -0.393 e. The number of amides is 1. The lowest BCUT2D eigenvalue weighted by molar-refractivity contribution is -0.118. The van der Waals surface area contributed by atoms with Crippen LogP contribution in [0.5, 0.6) is 0 Å². The summed E-state index contributed by atoms with van der Waals surface area (Å²) in [6.45, 7) is 6.35. The average Bonchev–Trinajstić information content (AvgIpc) is 3.40. The van der Waals surface area contributed by atoms with Crippen molar-refractivity contribution in [2.45, 2.75) is 82.4 Å². The van der Waals surface area contributed by atoms with E-state index in [0.29, 0.717) is 41.4 Å². The molecule has 0 radical (unpaired) electrons. The van der Waals surface area contributed by atoms with Crippen LogP contribution in [0.3, 0.4) is 0 Å². The summed E-state index contributed by atoms with van der Waals surface area (Å²) in [4.78, 5) is 22.3. The molecular formula is C32H40FN7O4S. The fraction of sp³-hybridized carbons (Fsp3) is 0.438. The molecule has 1 aliphatic carbocycles. The summed E-state index contributed by atoms with van der Waals surface area (Å²) in [5.74, 6) is -0.831. The van der Waals surface area contributed by atoms with Crippen LogP contribution < -0.4 is 15.4 Å². The molecule has 4 aromatic rings. The van der Waals surface area contributed by atoms with Gasteiger partial charge in [0, 0.05) is 24.0 Å². The molecule has 1 fully saturated rings. The van der Waals surface area contributed by atoms with E-state index >= 15 is 0 Å². The fourth-order valence-corrected chi connectivity index (χ4v) is 6.77. The SMILES string of the molecule is CCCCNc1ncc2c(-c3ccc(S(=O)(=O)N[C@H](C(=O)Nc4ccc(F)cc4)C(C)C)cc3)nn([C@H]3CC[C@@H](O)CC3)c2n1. The highest BCUT2D eigenvalue weighted by Gasteiger charge is 2.29. The number of rotatable bonds is 12. The molecule has 2 aromatic carbocycles. The first-order valence-electron chi connectivity index (χ1n) is 15.4. The van der Waals surface area contributed by atoms with E-state index in [0.717, 1.165) is 37.6 Å². The van der Waals surface area contributed by atoms with E-state index in [2.05, 4.69) is 27.3 Å². The van der Waals surface area contributed by atoms with Gasteiger partial charge in [-0.1, -0.05) is 39.3 Å². The predicted octanol–water partition coefficient (Wildman–Crippen LogP) is 5.26. The number of nitrogens with zero attached hydrogens (tertiary/aromatic N) is 4. The highest BCUT2D eigenvalue weighted by atomic mass is 32.2. The predicted molar refractivity (Wildman–Crippen MR) is 172 cm³/mol. The number of benzene rings is 2. The molecule has 240 valence electrons. The Morgan fingerprint density at radius 3 is 2.40 bits per heavy atom. The topological polar surface area (TPSA) is 151 Å². The molecule has 2 aromatic heterocycles. The second-order valence-corrected chi connectivity index (χ2v) is 13.5. The molecule has 1 saturated carbocycles. The molecule has 2 heterocycles. The van der Waals surface area contributed by atoms with Gasteiger partial charge in [-0.15, -0.1) is 0 Å². The number of aliphatic hydroxyl groups is 1. The van der Waals surface area contributed by atoms with Crippen molar-refractivity contribution in [3.05, 3.63) is 60.5 Å². The Morgan fingerprint density at radius 1 is 1.07 bits per heavy atom. The van der Waals surface area contributed by atoms with Crippen LogP contribution in [0.2, 0.25) is 0 Å². The van der Waals surface area contributed by atoms with Crippen LogP contribution >= 0.6 is 0 Å². The Hall–Kier alpha value is -3.94. The van der Waals surface area contributed by atoms with Crippen molar-refractivity contribution in [2.75, 3.05) is 17.2 Å². The summed E-state index contributed by atoms with van der Waals surface area (Å²) < 4.78 is 44.5. The lowest BCUT2D eigenvalue weighted by atomic mass is 9.93. The van der Waals surface area contributed by atoms with Crippen molar-refractivity contribution < 1.29 is 22.7 Å². The number of hydrogen-bond acceptors (Lipinski definition) is 8. The Labute approximate surface area is 262 Å². The molecule has 1 atom stereocenters. The third-order valence-electron chi connectivity index (χ3n) is 8.06. The standard InChI is InChI=1S/C32H40FN7O4S/c1-4-5-18-34-32-35-19-27-29(38-40(30(27)37-32)24-12-14-25(41)15-13-24)21-6-16-26(17-7-21)45(43,44)39-28(20(2)3)31(42)36-23-10-8-22(33)9-11-23/h6-11,16-17,19-20,24-25,28,39,41H,4-5,12-15,18H2,1-3H3,(H,36,42)(H,34,35,37)/t24-,25+,28-/m0/s1. The van der Waals surface area contributed by atoms with Gasteiger partial charge in [-0.05, 0) is 74.4 Å². The largest absolute Gasteiger partial charge is 0.393 e. The van der Waals surface area contributed by atoms with Crippen LogP contribution in [0.1, 0.15) is 65.3 Å². The van der Waals surface area contributed by atoms with Crippen molar-refractivity contribution in [1.82, 2.24) is 24.5 Å². The third-order valence-corrected chi connectivity index (χ3v) is 9.51. The van der Waals surface area contributed by atoms with Crippen molar-refractivity contribution in [1.29, 1.82) is 0 Å². The van der Waals surface area contributed by atoms with Gasteiger partial charge in [0.15, 0.2) is 5.65 Å². The number of sulfonamides is 1. The molecule has 5 rings (SSSR count). The number of fused-ring (bicyclic) bond motifs is 1. The number of carbonyl (C=O) groups is 1. The molecule has 4 N–H and O–H groups in total. The minimum absolute atomic E-state index is 0.00449. The van der Waals surface area contributed by atoms with E-state index < -0.39 is 27.8 Å². The summed E-state index contributed by atoms with van der Waals surface area (Å²) >= 11 is 0. The number of unbranched alkanes of at least 4 members (excludes halogenated alkanes) is 1. The van der Waals surface area contributed by atoms with Gasteiger partial charge in [0.05, 0.1) is 22.4 Å². The number of nitrogens with one attached hydrogen (secondary N) is 3. The smallest absolute Gasteiger partial charge is 0.242 e. The summed E-state index contributed by atoms with van der Waals surface area (Å²) in [5, 5.41) is 21.7. The third kappa shape index (κ3) is 7.66. The maximum atomic E-state index is 13.4. The number of anilines is 2. The van der Waals surface area contributed by atoms with Crippen LogP contribution in [-0.2, 0) is 14.8 Å². The van der Waals surface area contributed by atoms with E-state index in [4.69, 9.17) is 10.1 Å². The monoisotopic (exact) mass is 637 g/mol. The zero-order chi connectivity index (χ0) is 32.1. The second kappa shape index (κ2) is 14.0. The second-order valence-electron chi connectivity index (χ2n) is 11.8. The van der Waals surface area contributed by atoms with Crippen molar-refractivity contribution in [3.63, 3.8) is 0 Å². The van der Waals surface area contributed by atoms with E-state index in [1.165, 1.54) is 36.4 Å². The van der Waals surface area contributed by atoms with Gasteiger partial charge < -0.3 is 15.7 Å². The average molecular weight is 638 g/mol. The molecule has 0 aliphatic heterocycles. The Balaban J connectivity index is 1.40. The van der Waals surface area contributed by atoms with Gasteiger partial charge in [0.25, 0.3) is 0 Å². The molecule has 0 bridgehead atoms. The van der Waals surface area contributed by atoms with Gasteiger partial charge in [0.2, 0.25) is 21.9 Å². The number of aromatic nitrogens is 4. The number of carbonyl (C=O) groups excluding carboxylic acids is 1. The maximum Gasteiger partial charge on any atom is 0.242 e. The van der Waals surface area contributed by atoms with Crippen LogP contribution in [-0.4, -0.2) is 57.9 Å². The van der Waals surface area contributed by atoms with Crippen LogP contribution in [0, 0.1) is 11.7 Å². The fourth-order valence-electron chi connectivity index (χ4n) is 5.43. The van der Waals surface area contributed by atoms with Crippen molar-refractivity contribution in [3.8, 4) is 11.3 Å². The minimum atomic E-state index is -4.08. The first kappa shape index (κ1) is 32.5. The van der Waals surface area contributed by atoms with Gasteiger partial charge in [-0.25, -0.2) is 22.5 Å². The molecule has 0 spiro atoms. The Morgan fingerprint density at radius 2 is 1.76 bits per heavy atom. The Bertz CT molecular complexity index is 1720. The van der Waals surface area contributed by atoms with Crippen LogP contribution in [0.25, 0.3) is 22.3 Å².